The van der Waals surface area contributed by atoms with Gasteiger partial charge in [-0.2, -0.15) is 13.2 Å². The Bertz CT molecular complexity index is 1060. The number of nitrogens with two attached hydrogens (primary N) is 1. The lowest BCUT2D eigenvalue weighted by Gasteiger charge is -2.53. The number of unbranched alkanes of at least 4 members (excludes halogenated alkanes) is 1. The highest BCUT2D eigenvalue weighted by molar-refractivity contribution is 5.91. The van der Waals surface area contributed by atoms with Gasteiger partial charge in [0.25, 0.3) is 0 Å². The van der Waals surface area contributed by atoms with Gasteiger partial charge in [0.15, 0.2) is 0 Å². The molecule has 2 N–H and O–H groups in total. The fourth-order valence-corrected chi connectivity index (χ4v) is 4.18. The summed E-state index contributed by atoms with van der Waals surface area (Å²) in [6, 6.07) is 9.92. The van der Waals surface area contributed by atoms with Crippen LogP contribution in [0.4, 0.5) is 17.6 Å². The Morgan fingerprint density at radius 2 is 1.75 bits per heavy atom. The molecule has 196 valence electrons. The maximum Gasteiger partial charge on any atom is 0.491 e. The molecule has 0 aromatic heterocycles. The molecule has 7 nitrogen and oxygen atoms in total. The summed E-state index contributed by atoms with van der Waals surface area (Å²) >= 11 is 0. The molecule has 36 heavy (non-hydrogen) atoms. The maximum absolute atomic E-state index is 14.7. The topological polar surface area (TPSA) is 91.1 Å². The minimum Gasteiger partial charge on any atom is -0.497 e. The Hall–Kier alpha value is -3.02. The first-order valence-corrected chi connectivity index (χ1v) is 11.4. The van der Waals surface area contributed by atoms with Gasteiger partial charge in [0.1, 0.15) is 23.2 Å². The quantitative estimate of drug-likeness (QED) is 0.224. The zero-order valence-electron chi connectivity index (χ0n) is 19.9. The molecule has 0 spiro atoms. The zero-order valence-corrected chi connectivity index (χ0v) is 19.9. The molecule has 1 aliphatic heterocycles. The summed E-state index contributed by atoms with van der Waals surface area (Å²) in [5, 5.41) is 0. The van der Waals surface area contributed by atoms with Crippen LogP contribution in [-0.4, -0.2) is 55.9 Å². The number of alkyl halides is 3. The second-order valence-electron chi connectivity index (χ2n) is 8.53. The van der Waals surface area contributed by atoms with Crippen molar-refractivity contribution in [1.29, 1.82) is 0 Å². The number of hydrogen-bond acceptors (Lipinski definition) is 7. The van der Waals surface area contributed by atoms with Crippen LogP contribution in [0.15, 0.2) is 48.5 Å². The van der Waals surface area contributed by atoms with Crippen molar-refractivity contribution in [3.8, 4) is 5.75 Å². The van der Waals surface area contributed by atoms with Crippen molar-refractivity contribution < 1.29 is 41.4 Å². The molecule has 2 aromatic carbocycles. The second-order valence-corrected chi connectivity index (χ2v) is 8.53. The average Bonchev–Trinajstić information content (AvgIpc) is 2.82. The first-order valence-electron chi connectivity index (χ1n) is 11.4. The molecule has 1 aliphatic rings. The van der Waals surface area contributed by atoms with E-state index in [0.29, 0.717) is 23.5 Å². The number of halogens is 4. The second kappa shape index (κ2) is 11.4. The van der Waals surface area contributed by atoms with E-state index in [-0.39, 0.29) is 13.1 Å². The fraction of sp³-hybridized carbons (Fsp3) is 0.440. The molecular weight excluding hydrogens is 484 g/mol. The van der Waals surface area contributed by atoms with E-state index in [2.05, 4.69) is 4.74 Å². The van der Waals surface area contributed by atoms with Gasteiger partial charge in [-0.1, -0.05) is 43.7 Å². The maximum atomic E-state index is 14.7. The molecule has 2 aromatic rings. The van der Waals surface area contributed by atoms with Gasteiger partial charge < -0.3 is 19.9 Å². The van der Waals surface area contributed by atoms with Gasteiger partial charge in [0.05, 0.1) is 13.2 Å². The van der Waals surface area contributed by atoms with Gasteiger partial charge in [0.2, 0.25) is 0 Å². The molecule has 1 heterocycles. The van der Waals surface area contributed by atoms with E-state index in [0.717, 1.165) is 12.8 Å². The van der Waals surface area contributed by atoms with E-state index in [4.69, 9.17) is 15.2 Å². The Morgan fingerprint density at radius 1 is 1.11 bits per heavy atom. The summed E-state index contributed by atoms with van der Waals surface area (Å²) in [5.74, 6) is -4.14. The van der Waals surface area contributed by atoms with Crippen LogP contribution in [0.5, 0.6) is 5.75 Å². The van der Waals surface area contributed by atoms with Crippen LogP contribution in [0, 0.1) is 5.82 Å². The smallest absolute Gasteiger partial charge is 0.491 e. The Morgan fingerprint density at radius 3 is 2.31 bits per heavy atom. The van der Waals surface area contributed by atoms with Gasteiger partial charge in [-0.05, 0) is 30.2 Å². The van der Waals surface area contributed by atoms with Gasteiger partial charge in [-0.3, -0.25) is 4.90 Å². The normalized spacial score (nSPS) is 17.1. The Kier molecular flexibility index (Phi) is 8.70. The predicted octanol–water partition coefficient (Wildman–Crippen LogP) is 3.86. The van der Waals surface area contributed by atoms with Crippen LogP contribution in [0.1, 0.15) is 36.9 Å². The third-order valence-electron chi connectivity index (χ3n) is 6.05. The summed E-state index contributed by atoms with van der Waals surface area (Å²) in [6.07, 6.45) is -3.76. The monoisotopic (exact) mass is 512 g/mol. The number of carbonyl (C=O) groups excluding carboxylic acids is 2. The number of methoxy groups -OCH3 is 1. The van der Waals surface area contributed by atoms with Gasteiger partial charge in [-0.15, -0.1) is 0 Å². The Labute approximate surface area is 206 Å². The molecule has 11 heteroatoms. The molecule has 2 unspecified atom stereocenters. The van der Waals surface area contributed by atoms with Crippen molar-refractivity contribution in [2.45, 2.75) is 43.6 Å². The summed E-state index contributed by atoms with van der Waals surface area (Å²) in [6.45, 7) is 2.55. The highest BCUT2D eigenvalue weighted by Crippen LogP contribution is 2.43. The van der Waals surface area contributed by atoms with E-state index in [1.807, 2.05) is 6.92 Å². The number of hydrogen-bond donors (Lipinski definition) is 1. The number of likely N-dealkylation sites (tertiary alicyclic amines) is 1. The standard InChI is InChI=1S/C25H28F4N2O5/c1-3-4-13-35-24(18-7-5-6-8-19(18)26)14-31(15-24)21(16-9-11-17(34-2)12-10-16)20(30)22(32)36-23(33)25(27,28)29/h5-12,20-21H,3-4,13-15,30H2,1-2H3. The van der Waals surface area contributed by atoms with Crippen LogP contribution < -0.4 is 10.5 Å². The largest absolute Gasteiger partial charge is 0.497 e. The summed E-state index contributed by atoms with van der Waals surface area (Å²) in [5.41, 5.74) is 5.81. The van der Waals surface area contributed by atoms with Gasteiger partial charge >= 0.3 is 18.1 Å². The highest BCUT2D eigenvalue weighted by Gasteiger charge is 2.52. The summed E-state index contributed by atoms with van der Waals surface area (Å²) in [4.78, 5) is 25.4. The van der Waals surface area contributed by atoms with E-state index >= 15 is 0 Å². The van der Waals surface area contributed by atoms with Crippen molar-refractivity contribution in [3.63, 3.8) is 0 Å². The number of rotatable bonds is 10. The number of esters is 2. The van der Waals surface area contributed by atoms with Crippen molar-refractivity contribution in [1.82, 2.24) is 4.90 Å². The fourth-order valence-electron chi connectivity index (χ4n) is 4.18. The third-order valence-corrected chi connectivity index (χ3v) is 6.05. The van der Waals surface area contributed by atoms with Crippen LogP contribution >= 0.6 is 0 Å². The van der Waals surface area contributed by atoms with Crippen molar-refractivity contribution in [3.05, 3.63) is 65.5 Å². The summed E-state index contributed by atoms with van der Waals surface area (Å²) in [7, 11) is 1.46. The van der Waals surface area contributed by atoms with Gasteiger partial charge in [-0.25, -0.2) is 14.0 Å². The SMILES string of the molecule is CCCCOC1(c2ccccc2F)CN(C(c2ccc(OC)cc2)C(N)C(=O)OC(=O)C(F)(F)F)C1. The third kappa shape index (κ3) is 6.03. The molecule has 0 aliphatic carbocycles. The molecule has 0 amide bonds. The zero-order chi connectivity index (χ0) is 26.5. The number of nitrogens with zero attached hydrogens (tertiary/aromatic N) is 1. The van der Waals surface area contributed by atoms with E-state index in [1.54, 1.807) is 47.4 Å². The van der Waals surface area contributed by atoms with Crippen LogP contribution in [0.2, 0.25) is 0 Å². The molecule has 0 bridgehead atoms. The van der Waals surface area contributed by atoms with Crippen molar-refractivity contribution in [2.75, 3.05) is 26.8 Å². The minimum absolute atomic E-state index is 0.0997. The van der Waals surface area contributed by atoms with Crippen LogP contribution in [-0.2, 0) is 24.7 Å². The number of carbonyl (C=O) groups is 2. The van der Waals surface area contributed by atoms with Gasteiger partial charge in [0, 0.05) is 25.3 Å². The molecule has 0 radical (unpaired) electrons. The van der Waals surface area contributed by atoms with E-state index in [9.17, 15) is 27.2 Å². The summed E-state index contributed by atoms with van der Waals surface area (Å²) < 4.78 is 67.9. The van der Waals surface area contributed by atoms with Crippen LogP contribution in [0.25, 0.3) is 0 Å². The van der Waals surface area contributed by atoms with E-state index in [1.165, 1.54) is 13.2 Å². The first-order chi connectivity index (χ1) is 17.0. The predicted molar refractivity (Wildman–Crippen MR) is 121 cm³/mol. The Balaban J connectivity index is 1.91. The van der Waals surface area contributed by atoms with Crippen molar-refractivity contribution >= 4 is 11.9 Å². The van der Waals surface area contributed by atoms with Crippen LogP contribution in [0.3, 0.4) is 0 Å². The minimum atomic E-state index is -5.35. The molecule has 0 saturated carbocycles. The highest BCUT2D eigenvalue weighted by atomic mass is 19.4. The number of benzene rings is 2. The van der Waals surface area contributed by atoms with E-state index < -0.39 is 41.6 Å². The number of ether oxygens (including phenoxy) is 3. The molecule has 1 saturated heterocycles. The first kappa shape index (κ1) is 27.6. The molecule has 2 atom stereocenters. The lowest BCUT2D eigenvalue weighted by atomic mass is 9.82. The van der Waals surface area contributed by atoms with Crippen molar-refractivity contribution in [2.24, 2.45) is 5.73 Å². The average molecular weight is 513 g/mol. The lowest BCUT2D eigenvalue weighted by Crippen LogP contribution is -2.65. The lowest BCUT2D eigenvalue weighted by molar-refractivity contribution is -0.204. The molecule has 3 rings (SSSR count). The molecule has 1 fully saturated rings. The molecular formula is C25H28F4N2O5.